The van der Waals surface area contributed by atoms with E-state index >= 15 is 0 Å². The second kappa shape index (κ2) is 5.50. The van der Waals surface area contributed by atoms with Crippen LogP contribution in [0.3, 0.4) is 0 Å². The fraction of sp³-hybridized carbons (Fsp3) is 0.308. The molecule has 90 valence electrons. The van der Waals surface area contributed by atoms with Crippen LogP contribution in [0.15, 0.2) is 34.9 Å². The zero-order valence-corrected chi connectivity index (χ0v) is 9.85. The lowest BCUT2D eigenvalue weighted by Gasteiger charge is -2.03. The molecule has 0 aliphatic heterocycles. The predicted octanol–water partition coefficient (Wildman–Crippen LogP) is 2.24. The largest absolute Gasteiger partial charge is 0.494 e. The Hall–Kier alpha value is -1.81. The molecule has 0 saturated carbocycles. The van der Waals surface area contributed by atoms with Crippen LogP contribution in [-0.4, -0.2) is 18.1 Å². The van der Waals surface area contributed by atoms with Crippen molar-refractivity contribution in [2.24, 2.45) is 5.73 Å². The minimum absolute atomic E-state index is 0.563. The van der Waals surface area contributed by atoms with Crippen LogP contribution in [0.2, 0.25) is 0 Å². The van der Waals surface area contributed by atoms with Gasteiger partial charge in [0, 0.05) is 12.0 Å². The van der Waals surface area contributed by atoms with Crippen molar-refractivity contribution in [3.63, 3.8) is 0 Å². The van der Waals surface area contributed by atoms with Crippen molar-refractivity contribution in [2.45, 2.75) is 13.3 Å². The lowest BCUT2D eigenvalue weighted by Crippen LogP contribution is -2.01. The van der Waals surface area contributed by atoms with Crippen molar-refractivity contribution in [1.82, 2.24) is 4.98 Å². The van der Waals surface area contributed by atoms with Crippen molar-refractivity contribution in [3.8, 4) is 17.2 Å². The zero-order chi connectivity index (χ0) is 12.1. The second-order valence-corrected chi connectivity index (χ2v) is 3.63. The van der Waals surface area contributed by atoms with Gasteiger partial charge in [-0.2, -0.15) is 0 Å². The number of oxazole rings is 1. The van der Waals surface area contributed by atoms with Crippen LogP contribution in [0.4, 0.5) is 0 Å². The van der Waals surface area contributed by atoms with E-state index in [9.17, 15) is 0 Å². The van der Waals surface area contributed by atoms with E-state index < -0.39 is 0 Å². The van der Waals surface area contributed by atoms with Gasteiger partial charge in [-0.05, 0) is 31.7 Å². The molecule has 0 radical (unpaired) electrons. The summed E-state index contributed by atoms with van der Waals surface area (Å²) in [5.41, 5.74) is 6.38. The third kappa shape index (κ3) is 2.85. The van der Waals surface area contributed by atoms with Gasteiger partial charge in [0.1, 0.15) is 11.5 Å². The molecular formula is C13H16N2O2. The molecule has 2 rings (SSSR count). The first-order valence-corrected chi connectivity index (χ1v) is 5.71. The molecule has 0 aliphatic rings. The first kappa shape index (κ1) is 11.7. The Balaban J connectivity index is 2.22. The molecule has 1 aromatic heterocycles. The number of hydrogen-bond acceptors (Lipinski definition) is 4. The lowest BCUT2D eigenvalue weighted by molar-refractivity contribution is 0.340. The fourth-order valence-electron chi connectivity index (χ4n) is 1.58. The van der Waals surface area contributed by atoms with Crippen LogP contribution in [0.5, 0.6) is 5.75 Å². The molecular weight excluding hydrogens is 216 g/mol. The topological polar surface area (TPSA) is 61.3 Å². The van der Waals surface area contributed by atoms with E-state index in [0.29, 0.717) is 25.5 Å². The van der Waals surface area contributed by atoms with Crippen LogP contribution in [-0.2, 0) is 6.42 Å². The minimum Gasteiger partial charge on any atom is -0.494 e. The van der Waals surface area contributed by atoms with Gasteiger partial charge in [-0.1, -0.05) is 6.07 Å². The highest BCUT2D eigenvalue weighted by Gasteiger charge is 2.07. The van der Waals surface area contributed by atoms with E-state index in [-0.39, 0.29) is 0 Å². The first-order valence-electron chi connectivity index (χ1n) is 5.71. The quantitative estimate of drug-likeness (QED) is 0.858. The Morgan fingerprint density at radius 2 is 2.29 bits per heavy atom. The summed E-state index contributed by atoms with van der Waals surface area (Å²) < 4.78 is 11.0. The standard InChI is InChI=1S/C13H16N2O2/c1-2-16-11-5-3-4-10(8-11)13-15-9-12(17-13)6-7-14/h3-5,8-9H,2,6-7,14H2,1H3. The smallest absolute Gasteiger partial charge is 0.226 e. The average molecular weight is 232 g/mol. The van der Waals surface area contributed by atoms with Gasteiger partial charge in [0.15, 0.2) is 0 Å². The molecule has 0 amide bonds. The number of rotatable bonds is 5. The van der Waals surface area contributed by atoms with E-state index in [0.717, 1.165) is 17.1 Å². The maximum atomic E-state index is 5.60. The van der Waals surface area contributed by atoms with E-state index in [1.54, 1.807) is 6.20 Å². The van der Waals surface area contributed by atoms with E-state index in [4.69, 9.17) is 14.9 Å². The van der Waals surface area contributed by atoms with Crippen molar-refractivity contribution in [3.05, 3.63) is 36.2 Å². The normalized spacial score (nSPS) is 10.5. The number of benzene rings is 1. The summed E-state index contributed by atoms with van der Waals surface area (Å²) in [5, 5.41) is 0. The maximum absolute atomic E-state index is 5.60. The molecule has 4 nitrogen and oxygen atoms in total. The van der Waals surface area contributed by atoms with Gasteiger partial charge in [-0.15, -0.1) is 0 Å². The summed E-state index contributed by atoms with van der Waals surface area (Å²) in [4.78, 5) is 4.23. The molecule has 1 aromatic carbocycles. The highest BCUT2D eigenvalue weighted by atomic mass is 16.5. The summed E-state index contributed by atoms with van der Waals surface area (Å²) in [6.45, 7) is 3.16. The number of nitrogens with two attached hydrogens (primary N) is 1. The average Bonchev–Trinajstić information content (AvgIpc) is 2.79. The van der Waals surface area contributed by atoms with Crippen molar-refractivity contribution in [1.29, 1.82) is 0 Å². The van der Waals surface area contributed by atoms with E-state index in [1.807, 2.05) is 31.2 Å². The molecule has 17 heavy (non-hydrogen) atoms. The Labute approximate surface area is 100 Å². The van der Waals surface area contributed by atoms with Crippen molar-refractivity contribution < 1.29 is 9.15 Å². The summed E-state index contributed by atoms with van der Waals surface area (Å²) in [7, 11) is 0. The molecule has 0 fully saturated rings. The summed E-state index contributed by atoms with van der Waals surface area (Å²) >= 11 is 0. The van der Waals surface area contributed by atoms with Crippen molar-refractivity contribution in [2.75, 3.05) is 13.2 Å². The van der Waals surface area contributed by atoms with E-state index in [2.05, 4.69) is 4.98 Å². The highest BCUT2D eigenvalue weighted by Crippen LogP contribution is 2.23. The molecule has 2 aromatic rings. The van der Waals surface area contributed by atoms with E-state index in [1.165, 1.54) is 0 Å². The number of ether oxygens (including phenoxy) is 1. The van der Waals surface area contributed by atoms with Gasteiger partial charge >= 0.3 is 0 Å². The highest BCUT2D eigenvalue weighted by molar-refractivity contribution is 5.55. The molecule has 0 saturated heterocycles. The van der Waals surface area contributed by atoms with Gasteiger partial charge in [0.25, 0.3) is 0 Å². The van der Waals surface area contributed by atoms with Crippen LogP contribution in [0.1, 0.15) is 12.7 Å². The Bertz CT molecular complexity index is 480. The lowest BCUT2D eigenvalue weighted by atomic mass is 10.2. The van der Waals surface area contributed by atoms with Gasteiger partial charge in [0.2, 0.25) is 5.89 Å². The molecule has 0 unspecified atom stereocenters. The third-order valence-corrected chi connectivity index (χ3v) is 2.34. The summed E-state index contributed by atoms with van der Waals surface area (Å²) in [6.07, 6.45) is 2.42. The summed E-state index contributed by atoms with van der Waals surface area (Å²) in [5.74, 6) is 2.24. The Morgan fingerprint density at radius 3 is 3.06 bits per heavy atom. The maximum Gasteiger partial charge on any atom is 0.226 e. The van der Waals surface area contributed by atoms with Gasteiger partial charge < -0.3 is 14.9 Å². The molecule has 0 aliphatic carbocycles. The van der Waals surface area contributed by atoms with Crippen molar-refractivity contribution >= 4 is 0 Å². The second-order valence-electron chi connectivity index (χ2n) is 3.63. The van der Waals surface area contributed by atoms with Crippen LogP contribution >= 0.6 is 0 Å². The van der Waals surface area contributed by atoms with Crippen LogP contribution < -0.4 is 10.5 Å². The fourth-order valence-corrected chi connectivity index (χ4v) is 1.58. The predicted molar refractivity (Wildman–Crippen MR) is 65.9 cm³/mol. The number of nitrogens with zero attached hydrogens (tertiary/aromatic N) is 1. The molecule has 0 bridgehead atoms. The molecule has 4 heteroatoms. The van der Waals surface area contributed by atoms with Gasteiger partial charge in [0.05, 0.1) is 12.8 Å². The minimum atomic E-state index is 0.563. The number of hydrogen-bond donors (Lipinski definition) is 1. The molecule has 1 heterocycles. The summed E-state index contributed by atoms with van der Waals surface area (Å²) in [6, 6.07) is 7.70. The number of aromatic nitrogens is 1. The first-order chi connectivity index (χ1) is 8.33. The van der Waals surface area contributed by atoms with Crippen LogP contribution in [0, 0.1) is 0 Å². The molecule has 2 N–H and O–H groups in total. The Kier molecular flexibility index (Phi) is 3.77. The Morgan fingerprint density at radius 1 is 1.41 bits per heavy atom. The monoisotopic (exact) mass is 232 g/mol. The SMILES string of the molecule is CCOc1cccc(-c2ncc(CCN)o2)c1. The van der Waals surface area contributed by atoms with Gasteiger partial charge in [-0.25, -0.2) is 4.98 Å². The van der Waals surface area contributed by atoms with Gasteiger partial charge in [-0.3, -0.25) is 0 Å². The van der Waals surface area contributed by atoms with Crippen LogP contribution in [0.25, 0.3) is 11.5 Å². The zero-order valence-electron chi connectivity index (χ0n) is 9.85. The molecule has 0 spiro atoms. The molecule has 0 atom stereocenters. The third-order valence-electron chi connectivity index (χ3n) is 2.34.